The van der Waals surface area contributed by atoms with Crippen LogP contribution in [0.4, 0.5) is 0 Å². The second-order valence-electron chi connectivity index (χ2n) is 3.88. The third-order valence-corrected chi connectivity index (χ3v) is 2.97. The van der Waals surface area contributed by atoms with E-state index in [9.17, 15) is 5.11 Å². The first-order chi connectivity index (χ1) is 7.54. The molecular weight excluding hydrogens is 245 g/mol. The lowest BCUT2D eigenvalue weighted by Gasteiger charge is -2.19. The topological polar surface area (TPSA) is 32.3 Å². The van der Waals surface area contributed by atoms with E-state index in [0.29, 0.717) is 16.6 Å². The molecule has 0 radical (unpaired) electrons. The summed E-state index contributed by atoms with van der Waals surface area (Å²) in [6.45, 7) is 4.38. The molecule has 0 aliphatic heterocycles. The fraction of sp³-hybridized carbons (Fsp3) is 0.500. The normalized spacial score (nSPS) is 14.8. The Morgan fingerprint density at radius 2 is 2.06 bits per heavy atom. The maximum atomic E-state index is 9.24. The van der Waals surface area contributed by atoms with Crippen molar-refractivity contribution in [2.24, 2.45) is 0 Å². The van der Waals surface area contributed by atoms with Crippen LogP contribution in [0.25, 0.3) is 0 Å². The Morgan fingerprint density at radius 3 is 2.56 bits per heavy atom. The fourth-order valence-corrected chi connectivity index (χ4v) is 2.11. The molecule has 0 amide bonds. The molecule has 2 atom stereocenters. The highest BCUT2D eigenvalue weighted by atomic mass is 35.5. The Kier molecular flexibility index (Phi) is 5.56. The van der Waals surface area contributed by atoms with Gasteiger partial charge in [-0.05, 0) is 31.0 Å². The van der Waals surface area contributed by atoms with Gasteiger partial charge in [0.1, 0.15) is 0 Å². The van der Waals surface area contributed by atoms with Crippen molar-refractivity contribution < 1.29 is 5.11 Å². The van der Waals surface area contributed by atoms with Crippen molar-refractivity contribution in [1.82, 2.24) is 5.32 Å². The summed E-state index contributed by atoms with van der Waals surface area (Å²) >= 11 is 12.0. The highest BCUT2D eigenvalue weighted by Crippen LogP contribution is 2.27. The van der Waals surface area contributed by atoms with Crippen molar-refractivity contribution in [2.45, 2.75) is 32.4 Å². The van der Waals surface area contributed by atoms with Gasteiger partial charge in [0.25, 0.3) is 0 Å². The minimum Gasteiger partial charge on any atom is -0.392 e. The van der Waals surface area contributed by atoms with E-state index in [0.717, 1.165) is 12.0 Å². The van der Waals surface area contributed by atoms with E-state index >= 15 is 0 Å². The van der Waals surface area contributed by atoms with Crippen LogP contribution >= 0.6 is 23.2 Å². The monoisotopic (exact) mass is 261 g/mol. The van der Waals surface area contributed by atoms with Gasteiger partial charge in [-0.25, -0.2) is 0 Å². The minimum absolute atomic E-state index is 0.152. The van der Waals surface area contributed by atoms with Crippen LogP contribution < -0.4 is 5.32 Å². The molecule has 2 unspecified atom stereocenters. The molecule has 0 heterocycles. The van der Waals surface area contributed by atoms with Crippen LogP contribution in [-0.2, 0) is 0 Å². The van der Waals surface area contributed by atoms with E-state index < -0.39 is 0 Å². The fourth-order valence-electron chi connectivity index (χ4n) is 1.57. The van der Waals surface area contributed by atoms with Crippen LogP contribution in [0, 0.1) is 0 Å². The van der Waals surface area contributed by atoms with Gasteiger partial charge in [0.2, 0.25) is 0 Å². The van der Waals surface area contributed by atoms with Gasteiger partial charge >= 0.3 is 0 Å². The third kappa shape index (κ3) is 3.95. The lowest BCUT2D eigenvalue weighted by atomic mass is 10.0. The Morgan fingerprint density at radius 1 is 1.38 bits per heavy atom. The first kappa shape index (κ1) is 13.8. The molecule has 4 heteroatoms. The average molecular weight is 262 g/mol. The van der Waals surface area contributed by atoms with Gasteiger partial charge in [-0.3, -0.25) is 0 Å². The SMILES string of the molecule is CCC(NCC(C)O)c1ccc(Cl)cc1Cl. The lowest BCUT2D eigenvalue weighted by Crippen LogP contribution is -2.28. The number of hydrogen-bond acceptors (Lipinski definition) is 2. The van der Waals surface area contributed by atoms with Crippen molar-refractivity contribution in [1.29, 1.82) is 0 Å². The first-order valence-corrected chi connectivity index (χ1v) is 6.16. The van der Waals surface area contributed by atoms with Crippen molar-refractivity contribution in [3.05, 3.63) is 33.8 Å². The molecule has 0 aliphatic carbocycles. The zero-order valence-corrected chi connectivity index (χ0v) is 11.0. The molecule has 2 nitrogen and oxygen atoms in total. The van der Waals surface area contributed by atoms with Crippen molar-refractivity contribution >= 4 is 23.2 Å². The second-order valence-corrected chi connectivity index (χ2v) is 4.73. The van der Waals surface area contributed by atoms with E-state index in [2.05, 4.69) is 12.2 Å². The Labute approximate surface area is 107 Å². The summed E-state index contributed by atoms with van der Waals surface area (Å²) < 4.78 is 0. The number of aliphatic hydroxyl groups excluding tert-OH is 1. The molecule has 1 rings (SSSR count). The number of aliphatic hydroxyl groups is 1. The third-order valence-electron chi connectivity index (χ3n) is 2.41. The predicted molar refractivity (Wildman–Crippen MR) is 69.2 cm³/mol. The minimum atomic E-state index is -0.361. The van der Waals surface area contributed by atoms with E-state index in [1.54, 1.807) is 13.0 Å². The van der Waals surface area contributed by atoms with Gasteiger partial charge in [-0.1, -0.05) is 36.2 Å². The van der Waals surface area contributed by atoms with E-state index in [1.165, 1.54) is 0 Å². The molecule has 90 valence electrons. The molecule has 0 aromatic heterocycles. The van der Waals surface area contributed by atoms with Gasteiger partial charge < -0.3 is 10.4 Å². The first-order valence-electron chi connectivity index (χ1n) is 5.41. The predicted octanol–water partition coefficient (Wildman–Crippen LogP) is 3.41. The summed E-state index contributed by atoms with van der Waals surface area (Å²) in [5.74, 6) is 0. The smallest absolute Gasteiger partial charge is 0.0636 e. The molecule has 1 aromatic rings. The van der Waals surface area contributed by atoms with Crippen LogP contribution in [0.1, 0.15) is 31.9 Å². The largest absolute Gasteiger partial charge is 0.392 e. The van der Waals surface area contributed by atoms with Crippen molar-refractivity contribution in [3.8, 4) is 0 Å². The van der Waals surface area contributed by atoms with Gasteiger partial charge in [-0.2, -0.15) is 0 Å². The molecule has 2 N–H and O–H groups in total. The molecule has 0 saturated heterocycles. The van der Waals surface area contributed by atoms with Crippen molar-refractivity contribution in [2.75, 3.05) is 6.54 Å². The second kappa shape index (κ2) is 6.45. The van der Waals surface area contributed by atoms with Gasteiger partial charge in [-0.15, -0.1) is 0 Å². The van der Waals surface area contributed by atoms with Crippen LogP contribution in [0.3, 0.4) is 0 Å². The zero-order chi connectivity index (χ0) is 12.1. The molecule has 0 saturated carbocycles. The van der Waals surface area contributed by atoms with E-state index in [-0.39, 0.29) is 12.1 Å². The zero-order valence-electron chi connectivity index (χ0n) is 9.50. The van der Waals surface area contributed by atoms with E-state index in [4.69, 9.17) is 23.2 Å². The molecular formula is C12H17Cl2NO. The molecule has 0 bridgehead atoms. The quantitative estimate of drug-likeness (QED) is 0.852. The Bertz CT molecular complexity index is 342. The summed E-state index contributed by atoms with van der Waals surface area (Å²) in [6.07, 6.45) is 0.550. The van der Waals surface area contributed by atoms with Crippen LogP contribution in [0.15, 0.2) is 18.2 Å². The number of nitrogens with one attached hydrogen (secondary N) is 1. The maximum Gasteiger partial charge on any atom is 0.0636 e. The molecule has 1 aromatic carbocycles. The number of halogens is 2. The van der Waals surface area contributed by atoms with Gasteiger partial charge in [0.15, 0.2) is 0 Å². The van der Waals surface area contributed by atoms with Gasteiger partial charge in [0.05, 0.1) is 6.10 Å². The summed E-state index contributed by atoms with van der Waals surface area (Å²) in [4.78, 5) is 0. The van der Waals surface area contributed by atoms with E-state index in [1.807, 2.05) is 12.1 Å². The molecule has 0 aliphatic rings. The summed E-state index contributed by atoms with van der Waals surface area (Å²) in [5.41, 5.74) is 1.02. The summed E-state index contributed by atoms with van der Waals surface area (Å²) in [7, 11) is 0. The summed E-state index contributed by atoms with van der Waals surface area (Å²) in [5, 5.41) is 13.8. The highest BCUT2D eigenvalue weighted by Gasteiger charge is 2.13. The average Bonchev–Trinajstić information content (AvgIpc) is 2.21. The molecule has 0 fully saturated rings. The number of benzene rings is 1. The highest BCUT2D eigenvalue weighted by molar-refractivity contribution is 6.35. The van der Waals surface area contributed by atoms with Crippen LogP contribution in [0.2, 0.25) is 10.0 Å². The molecule has 16 heavy (non-hydrogen) atoms. The summed E-state index contributed by atoms with van der Waals surface area (Å²) in [6, 6.07) is 5.65. The molecule has 0 spiro atoms. The van der Waals surface area contributed by atoms with Crippen molar-refractivity contribution in [3.63, 3.8) is 0 Å². The van der Waals surface area contributed by atoms with Gasteiger partial charge in [0, 0.05) is 22.6 Å². The standard InChI is InChI=1S/C12H17Cl2NO/c1-3-12(15-7-8(2)16)10-5-4-9(13)6-11(10)14/h4-6,8,12,15-16H,3,7H2,1-2H3. The van der Waals surface area contributed by atoms with Crippen LogP contribution in [-0.4, -0.2) is 17.8 Å². The Balaban J connectivity index is 2.78. The lowest BCUT2D eigenvalue weighted by molar-refractivity contribution is 0.185. The Hall–Kier alpha value is -0.280. The number of hydrogen-bond donors (Lipinski definition) is 2. The number of rotatable bonds is 5. The maximum absolute atomic E-state index is 9.24. The van der Waals surface area contributed by atoms with Crippen LogP contribution in [0.5, 0.6) is 0 Å².